The third-order valence-corrected chi connectivity index (χ3v) is 3.00. The Kier molecular flexibility index (Phi) is 3.12. The van der Waals surface area contributed by atoms with Crippen molar-refractivity contribution in [3.05, 3.63) is 0 Å². The first-order chi connectivity index (χ1) is 6.93. The molecule has 1 amide bonds. The number of nitrogens with one attached hydrogen (secondary N) is 1. The van der Waals surface area contributed by atoms with Gasteiger partial charge in [-0.2, -0.15) is 0 Å². The molecule has 0 spiro atoms. The number of carboxylic acids is 1. The number of carboxylic acid groups (broad SMARTS) is 1. The number of ketones is 1. The van der Waals surface area contributed by atoms with Crippen molar-refractivity contribution in [3.63, 3.8) is 0 Å². The number of Topliss-reactive ketones (excluding diaryl/α,β-unsaturated/α-hetero) is 1. The van der Waals surface area contributed by atoms with Gasteiger partial charge in [0.15, 0.2) is 5.78 Å². The predicted molar refractivity (Wildman–Crippen MR) is 52.2 cm³/mol. The summed E-state index contributed by atoms with van der Waals surface area (Å²) in [6.45, 7) is 3.13. The van der Waals surface area contributed by atoms with E-state index in [0.29, 0.717) is 19.3 Å². The topological polar surface area (TPSA) is 83.5 Å². The maximum Gasteiger partial charge on any atom is 0.313 e. The van der Waals surface area contributed by atoms with Crippen molar-refractivity contribution >= 4 is 17.7 Å². The Hall–Kier alpha value is -1.39. The molecule has 0 aliphatic carbocycles. The van der Waals surface area contributed by atoms with Crippen LogP contribution in [-0.2, 0) is 14.4 Å². The van der Waals surface area contributed by atoms with Crippen LogP contribution in [0.2, 0.25) is 0 Å². The second-order valence-corrected chi connectivity index (χ2v) is 3.91. The van der Waals surface area contributed by atoms with Gasteiger partial charge in [0.05, 0.1) is 5.54 Å². The number of rotatable bonds is 4. The van der Waals surface area contributed by atoms with Crippen molar-refractivity contribution in [1.29, 1.82) is 0 Å². The summed E-state index contributed by atoms with van der Waals surface area (Å²) in [5.74, 6) is -2.79. The van der Waals surface area contributed by atoms with Crippen LogP contribution in [0.25, 0.3) is 0 Å². The highest BCUT2D eigenvalue weighted by atomic mass is 16.4. The van der Waals surface area contributed by atoms with Gasteiger partial charge in [0.25, 0.3) is 0 Å². The Labute approximate surface area is 87.8 Å². The summed E-state index contributed by atoms with van der Waals surface area (Å²) in [4.78, 5) is 33.7. The third kappa shape index (κ3) is 2.00. The van der Waals surface area contributed by atoms with E-state index in [9.17, 15) is 14.4 Å². The van der Waals surface area contributed by atoms with E-state index in [4.69, 9.17) is 5.11 Å². The van der Waals surface area contributed by atoms with Gasteiger partial charge in [-0.1, -0.05) is 6.92 Å². The van der Waals surface area contributed by atoms with Gasteiger partial charge in [-0.15, -0.1) is 0 Å². The van der Waals surface area contributed by atoms with Gasteiger partial charge in [-0.25, -0.2) is 0 Å². The Morgan fingerprint density at radius 3 is 2.53 bits per heavy atom. The number of carbonyl (C=O) groups excluding carboxylic acids is 2. The number of carbonyl (C=O) groups is 3. The maximum atomic E-state index is 11.9. The molecule has 1 rings (SSSR count). The molecule has 1 aliphatic rings. The SMILES string of the molecule is CCC1(C(=O)C(C)C(=O)O)CCC(=O)N1. The molecule has 2 N–H and O–H groups in total. The van der Waals surface area contributed by atoms with Gasteiger partial charge in [0, 0.05) is 6.42 Å². The van der Waals surface area contributed by atoms with Crippen LogP contribution in [-0.4, -0.2) is 28.3 Å². The molecule has 5 heteroatoms. The van der Waals surface area contributed by atoms with E-state index in [1.807, 2.05) is 0 Å². The highest BCUT2D eigenvalue weighted by Crippen LogP contribution is 2.27. The van der Waals surface area contributed by atoms with Crippen LogP contribution in [0.15, 0.2) is 0 Å². The van der Waals surface area contributed by atoms with E-state index in [1.165, 1.54) is 6.92 Å². The molecule has 0 saturated carbocycles. The zero-order valence-electron chi connectivity index (χ0n) is 8.87. The van der Waals surface area contributed by atoms with Crippen LogP contribution < -0.4 is 5.32 Å². The average Bonchev–Trinajstić information content (AvgIpc) is 2.59. The summed E-state index contributed by atoms with van der Waals surface area (Å²) in [5.41, 5.74) is -0.950. The first-order valence-corrected chi connectivity index (χ1v) is 5.01. The first kappa shape index (κ1) is 11.7. The molecule has 5 nitrogen and oxygen atoms in total. The molecule has 0 aromatic rings. The van der Waals surface area contributed by atoms with Crippen molar-refractivity contribution in [2.75, 3.05) is 0 Å². The summed E-state index contributed by atoms with van der Waals surface area (Å²) in [7, 11) is 0. The second-order valence-electron chi connectivity index (χ2n) is 3.91. The molecule has 1 heterocycles. The minimum absolute atomic E-state index is 0.178. The second kappa shape index (κ2) is 4.00. The predicted octanol–water partition coefficient (Wildman–Crippen LogP) is 0.335. The lowest BCUT2D eigenvalue weighted by Crippen LogP contribution is -2.51. The Balaban J connectivity index is 2.88. The Morgan fingerprint density at radius 2 is 2.20 bits per heavy atom. The van der Waals surface area contributed by atoms with Crippen LogP contribution in [0.3, 0.4) is 0 Å². The lowest BCUT2D eigenvalue weighted by molar-refractivity contribution is -0.148. The molecule has 15 heavy (non-hydrogen) atoms. The zero-order chi connectivity index (χ0) is 11.6. The highest BCUT2D eigenvalue weighted by Gasteiger charge is 2.45. The normalized spacial score (nSPS) is 27.2. The standard InChI is InChI=1S/C10H15NO4/c1-3-10(5-4-7(12)11-10)8(13)6(2)9(14)15/h6H,3-5H2,1-2H3,(H,11,12)(H,14,15). The molecule has 1 aliphatic heterocycles. The van der Waals surface area contributed by atoms with Crippen molar-refractivity contribution < 1.29 is 19.5 Å². The number of aliphatic carboxylic acids is 1. The smallest absolute Gasteiger partial charge is 0.313 e. The van der Waals surface area contributed by atoms with Gasteiger partial charge in [-0.05, 0) is 19.8 Å². The van der Waals surface area contributed by atoms with Gasteiger partial charge >= 0.3 is 5.97 Å². The highest BCUT2D eigenvalue weighted by molar-refractivity contribution is 6.05. The molecule has 0 radical (unpaired) electrons. The minimum atomic E-state index is -1.14. The summed E-state index contributed by atoms with van der Waals surface area (Å²) in [5, 5.41) is 11.4. The van der Waals surface area contributed by atoms with Crippen LogP contribution in [0.5, 0.6) is 0 Å². The van der Waals surface area contributed by atoms with Gasteiger partial charge < -0.3 is 10.4 Å². The van der Waals surface area contributed by atoms with Crippen LogP contribution in [0, 0.1) is 5.92 Å². The van der Waals surface area contributed by atoms with Crippen molar-refractivity contribution in [1.82, 2.24) is 5.32 Å². The van der Waals surface area contributed by atoms with Crippen molar-refractivity contribution in [3.8, 4) is 0 Å². The number of amides is 1. The Bertz CT molecular complexity index is 313. The molecule has 1 saturated heterocycles. The van der Waals surface area contributed by atoms with Crippen molar-refractivity contribution in [2.24, 2.45) is 5.92 Å². The maximum absolute atomic E-state index is 11.9. The van der Waals surface area contributed by atoms with E-state index in [0.717, 1.165) is 0 Å². The first-order valence-electron chi connectivity index (χ1n) is 5.01. The molecule has 0 aromatic carbocycles. The third-order valence-electron chi connectivity index (χ3n) is 3.00. The molecule has 0 aromatic heterocycles. The lowest BCUT2D eigenvalue weighted by atomic mass is 9.83. The molecule has 0 bridgehead atoms. The fourth-order valence-corrected chi connectivity index (χ4v) is 1.87. The quantitative estimate of drug-likeness (QED) is 0.659. The van der Waals surface area contributed by atoms with Gasteiger partial charge in [-0.3, -0.25) is 14.4 Å². The van der Waals surface area contributed by atoms with Gasteiger partial charge in [0.2, 0.25) is 5.91 Å². The molecule has 84 valence electrons. The minimum Gasteiger partial charge on any atom is -0.481 e. The summed E-state index contributed by atoms with van der Waals surface area (Å²) < 4.78 is 0. The Morgan fingerprint density at radius 1 is 1.60 bits per heavy atom. The fraction of sp³-hybridized carbons (Fsp3) is 0.700. The monoisotopic (exact) mass is 213 g/mol. The molecule has 2 atom stereocenters. The molecule has 2 unspecified atom stereocenters. The van der Waals surface area contributed by atoms with E-state index >= 15 is 0 Å². The van der Waals surface area contributed by atoms with Gasteiger partial charge in [0.1, 0.15) is 5.92 Å². The molecular formula is C10H15NO4. The number of hydrogen-bond acceptors (Lipinski definition) is 3. The zero-order valence-corrected chi connectivity index (χ0v) is 8.87. The van der Waals surface area contributed by atoms with E-state index < -0.39 is 23.2 Å². The summed E-state index contributed by atoms with van der Waals surface area (Å²) in [6, 6.07) is 0. The summed E-state index contributed by atoms with van der Waals surface area (Å²) >= 11 is 0. The summed E-state index contributed by atoms with van der Waals surface area (Å²) in [6.07, 6.45) is 1.14. The number of hydrogen-bond donors (Lipinski definition) is 2. The van der Waals surface area contributed by atoms with Crippen LogP contribution in [0.4, 0.5) is 0 Å². The van der Waals surface area contributed by atoms with Crippen molar-refractivity contribution in [2.45, 2.75) is 38.6 Å². The average molecular weight is 213 g/mol. The molecule has 1 fully saturated rings. The largest absolute Gasteiger partial charge is 0.481 e. The van der Waals surface area contributed by atoms with E-state index in [-0.39, 0.29) is 5.91 Å². The van der Waals surface area contributed by atoms with Crippen LogP contribution in [0.1, 0.15) is 33.1 Å². The molecular weight excluding hydrogens is 198 g/mol. The van der Waals surface area contributed by atoms with E-state index in [1.54, 1.807) is 6.92 Å². The van der Waals surface area contributed by atoms with Crippen LogP contribution >= 0.6 is 0 Å². The fourth-order valence-electron chi connectivity index (χ4n) is 1.87. The lowest BCUT2D eigenvalue weighted by Gasteiger charge is -2.27. The van der Waals surface area contributed by atoms with E-state index in [2.05, 4.69) is 5.32 Å².